The van der Waals surface area contributed by atoms with Gasteiger partial charge in [-0.15, -0.1) is 0 Å². The fraction of sp³-hybridized carbons (Fsp3) is 0.345. The second-order valence-corrected chi connectivity index (χ2v) is 9.58. The van der Waals surface area contributed by atoms with Gasteiger partial charge in [0.2, 0.25) is 0 Å². The summed E-state index contributed by atoms with van der Waals surface area (Å²) in [4.78, 5) is 24.4. The molecule has 2 aromatic heterocycles. The summed E-state index contributed by atoms with van der Waals surface area (Å²) in [5.41, 5.74) is 4.32. The molecule has 1 amide bonds. The van der Waals surface area contributed by atoms with E-state index in [1.165, 1.54) is 18.4 Å². The van der Waals surface area contributed by atoms with E-state index in [-0.39, 0.29) is 18.6 Å². The molecule has 8 heteroatoms. The van der Waals surface area contributed by atoms with Gasteiger partial charge in [-0.05, 0) is 68.6 Å². The number of anilines is 1. The first-order valence-electron chi connectivity index (χ1n) is 13.0. The van der Waals surface area contributed by atoms with Crippen LogP contribution in [0.15, 0.2) is 67.3 Å². The highest BCUT2D eigenvalue weighted by atomic mass is 16.3. The first-order valence-corrected chi connectivity index (χ1v) is 13.0. The summed E-state index contributed by atoms with van der Waals surface area (Å²) < 4.78 is 1.94. The molecule has 8 nitrogen and oxygen atoms in total. The quantitative estimate of drug-likeness (QED) is 0.306. The molecule has 0 bridgehead atoms. The second kappa shape index (κ2) is 11.5. The normalized spacial score (nSPS) is 14.6. The van der Waals surface area contributed by atoms with Gasteiger partial charge in [-0.25, -0.2) is 9.97 Å². The monoisotopic (exact) mass is 498 g/mol. The van der Waals surface area contributed by atoms with Crippen LogP contribution in [0, 0.1) is 0 Å². The summed E-state index contributed by atoms with van der Waals surface area (Å²) in [6, 6.07) is 16.3. The number of aliphatic hydroxyl groups is 1. The van der Waals surface area contributed by atoms with Crippen LogP contribution in [0.3, 0.4) is 0 Å². The smallest absolute Gasteiger partial charge is 0.253 e. The number of aliphatic hydroxyl groups excluding tert-OH is 1. The van der Waals surface area contributed by atoms with Gasteiger partial charge in [0.25, 0.3) is 5.91 Å². The summed E-state index contributed by atoms with van der Waals surface area (Å²) in [6.07, 6.45) is 8.23. The molecule has 0 radical (unpaired) electrons. The van der Waals surface area contributed by atoms with Crippen molar-refractivity contribution in [3.63, 3.8) is 0 Å². The van der Waals surface area contributed by atoms with Crippen molar-refractivity contribution in [2.45, 2.75) is 32.2 Å². The molecule has 0 saturated carbocycles. The molecule has 3 heterocycles. The van der Waals surface area contributed by atoms with Gasteiger partial charge in [-0.2, -0.15) is 0 Å². The average molecular weight is 499 g/mol. The Morgan fingerprint density at radius 3 is 2.68 bits per heavy atom. The molecule has 0 spiro atoms. The fourth-order valence-electron chi connectivity index (χ4n) is 4.95. The Kier molecular flexibility index (Phi) is 7.77. The van der Waals surface area contributed by atoms with Crippen LogP contribution < -0.4 is 10.6 Å². The molecule has 1 aliphatic heterocycles. The Bertz CT molecular complexity index is 1350. The van der Waals surface area contributed by atoms with Gasteiger partial charge in [0.15, 0.2) is 0 Å². The van der Waals surface area contributed by atoms with Crippen LogP contribution in [-0.4, -0.2) is 63.2 Å². The first-order chi connectivity index (χ1) is 18.1. The van der Waals surface area contributed by atoms with Crippen molar-refractivity contribution in [3.8, 4) is 5.69 Å². The maximum atomic E-state index is 13.0. The topological polar surface area (TPSA) is 95.3 Å². The number of likely N-dealkylation sites (tertiary alicyclic amines) is 1. The number of nitrogens with one attached hydrogen (secondary N) is 2. The number of carbonyl (C=O) groups is 1. The summed E-state index contributed by atoms with van der Waals surface area (Å²) in [5, 5.41) is 17.1. The van der Waals surface area contributed by atoms with Crippen molar-refractivity contribution in [3.05, 3.63) is 83.9 Å². The Hall–Kier alpha value is -3.75. The van der Waals surface area contributed by atoms with Crippen molar-refractivity contribution >= 4 is 22.6 Å². The molecule has 0 aliphatic carbocycles. The lowest BCUT2D eigenvalue weighted by atomic mass is 10.1. The highest BCUT2D eigenvalue weighted by Crippen LogP contribution is 2.27. The van der Waals surface area contributed by atoms with Gasteiger partial charge < -0.3 is 25.2 Å². The summed E-state index contributed by atoms with van der Waals surface area (Å²) >= 11 is 0. The largest absolute Gasteiger partial charge is 0.396 e. The molecule has 1 aliphatic rings. The van der Waals surface area contributed by atoms with Crippen LogP contribution in [0.25, 0.3) is 16.6 Å². The number of benzene rings is 2. The maximum absolute atomic E-state index is 13.0. The zero-order valence-electron chi connectivity index (χ0n) is 21.2. The number of amides is 1. The second-order valence-electron chi connectivity index (χ2n) is 9.58. The standard InChI is InChI=1S/C29H34N6O2/c1-21(22-7-3-2-4-8-22)33-28-25-17-24(9-10-27(25)31-20-32-28)35-18-23(11-16-36)26(19-35)29(37)30-12-15-34-13-5-6-14-34/h2-4,7-10,17-21,36H,5-6,11-16H2,1H3,(H,30,37)(H,31,32,33). The van der Waals surface area contributed by atoms with Crippen molar-refractivity contribution < 1.29 is 9.90 Å². The number of fused-ring (bicyclic) bond motifs is 1. The van der Waals surface area contributed by atoms with Crippen molar-refractivity contribution in [1.29, 1.82) is 0 Å². The number of hydrogen-bond donors (Lipinski definition) is 3. The Labute approximate surface area is 217 Å². The van der Waals surface area contributed by atoms with Crippen LogP contribution in [-0.2, 0) is 6.42 Å². The van der Waals surface area contributed by atoms with E-state index in [4.69, 9.17) is 0 Å². The predicted molar refractivity (Wildman–Crippen MR) is 146 cm³/mol. The van der Waals surface area contributed by atoms with Crippen LogP contribution in [0.1, 0.15) is 47.3 Å². The van der Waals surface area contributed by atoms with Gasteiger partial charge in [0.1, 0.15) is 12.1 Å². The van der Waals surface area contributed by atoms with E-state index in [1.807, 2.05) is 53.4 Å². The highest BCUT2D eigenvalue weighted by Gasteiger charge is 2.17. The Morgan fingerprint density at radius 1 is 1.08 bits per heavy atom. The van der Waals surface area contributed by atoms with Crippen LogP contribution in [0.5, 0.6) is 0 Å². The van der Waals surface area contributed by atoms with Crippen molar-refractivity contribution in [2.24, 2.45) is 0 Å². The van der Waals surface area contributed by atoms with E-state index >= 15 is 0 Å². The van der Waals surface area contributed by atoms with Crippen LogP contribution in [0.4, 0.5) is 5.82 Å². The molecule has 4 aromatic rings. The average Bonchev–Trinajstić information content (AvgIpc) is 3.60. The number of aromatic nitrogens is 3. The summed E-state index contributed by atoms with van der Waals surface area (Å²) in [7, 11) is 0. The fourth-order valence-corrected chi connectivity index (χ4v) is 4.95. The van der Waals surface area contributed by atoms with E-state index in [2.05, 4.69) is 44.6 Å². The van der Waals surface area contributed by atoms with Crippen molar-refractivity contribution in [2.75, 3.05) is 38.1 Å². The minimum atomic E-state index is -0.107. The minimum absolute atomic E-state index is 0.0188. The number of carbonyl (C=O) groups excluding carboxylic acids is 1. The van der Waals surface area contributed by atoms with Gasteiger partial charge >= 0.3 is 0 Å². The maximum Gasteiger partial charge on any atom is 0.253 e. The molecule has 3 N–H and O–H groups in total. The first kappa shape index (κ1) is 24.9. The Balaban J connectivity index is 1.39. The van der Waals surface area contributed by atoms with E-state index in [9.17, 15) is 9.90 Å². The third kappa shape index (κ3) is 5.81. The van der Waals surface area contributed by atoms with Crippen LogP contribution >= 0.6 is 0 Å². The SMILES string of the molecule is CC(Nc1ncnc2ccc(-n3cc(CCO)c(C(=O)NCCN4CCCC4)c3)cc12)c1ccccc1. The zero-order valence-corrected chi connectivity index (χ0v) is 21.2. The lowest BCUT2D eigenvalue weighted by Crippen LogP contribution is -2.33. The molecule has 2 aromatic carbocycles. The number of nitrogens with zero attached hydrogens (tertiary/aromatic N) is 4. The van der Waals surface area contributed by atoms with Gasteiger partial charge in [-0.3, -0.25) is 4.79 Å². The van der Waals surface area contributed by atoms with E-state index in [0.29, 0.717) is 18.5 Å². The minimum Gasteiger partial charge on any atom is -0.396 e. The lowest BCUT2D eigenvalue weighted by molar-refractivity contribution is 0.0949. The van der Waals surface area contributed by atoms with E-state index in [0.717, 1.165) is 47.6 Å². The van der Waals surface area contributed by atoms with Gasteiger partial charge in [0.05, 0.1) is 11.1 Å². The van der Waals surface area contributed by atoms with Gasteiger partial charge in [0, 0.05) is 49.2 Å². The highest BCUT2D eigenvalue weighted by molar-refractivity contribution is 5.96. The van der Waals surface area contributed by atoms with E-state index < -0.39 is 0 Å². The molecule has 37 heavy (non-hydrogen) atoms. The third-order valence-electron chi connectivity index (χ3n) is 7.02. The van der Waals surface area contributed by atoms with Gasteiger partial charge in [-0.1, -0.05) is 30.3 Å². The number of rotatable bonds is 10. The third-order valence-corrected chi connectivity index (χ3v) is 7.02. The summed E-state index contributed by atoms with van der Waals surface area (Å²) in [6.45, 7) is 5.78. The zero-order chi connectivity index (χ0) is 25.6. The molecule has 5 rings (SSSR count). The molecule has 1 saturated heterocycles. The number of hydrogen-bond acceptors (Lipinski definition) is 6. The molecular weight excluding hydrogens is 464 g/mol. The van der Waals surface area contributed by atoms with Crippen LogP contribution in [0.2, 0.25) is 0 Å². The summed E-state index contributed by atoms with van der Waals surface area (Å²) in [5.74, 6) is 0.649. The predicted octanol–water partition coefficient (Wildman–Crippen LogP) is 3.95. The molecule has 1 atom stereocenters. The molecular formula is C29H34N6O2. The molecule has 1 fully saturated rings. The molecule has 1 unspecified atom stereocenters. The molecule has 192 valence electrons. The van der Waals surface area contributed by atoms with Crippen molar-refractivity contribution in [1.82, 2.24) is 24.8 Å². The Morgan fingerprint density at radius 2 is 1.89 bits per heavy atom. The lowest BCUT2D eigenvalue weighted by Gasteiger charge is -2.16. The van der Waals surface area contributed by atoms with E-state index in [1.54, 1.807) is 6.33 Å².